The van der Waals surface area contributed by atoms with E-state index in [4.69, 9.17) is 0 Å². The Labute approximate surface area is 76.4 Å². The standard InChI is InChI=1S/C12H20/c1-5-11-8-12(6-2)10(4)7-9(11)3/h5,8-10,12H,1,6-7H2,2-4H3. The Balaban J connectivity index is 2.79. The highest BCUT2D eigenvalue weighted by Gasteiger charge is 2.22. The Morgan fingerprint density at radius 2 is 2.25 bits per heavy atom. The molecule has 1 aliphatic rings. The van der Waals surface area contributed by atoms with E-state index in [2.05, 4.69) is 33.4 Å². The zero-order valence-electron chi connectivity index (χ0n) is 8.51. The molecule has 0 aromatic heterocycles. The molecule has 0 saturated heterocycles. The summed E-state index contributed by atoms with van der Waals surface area (Å²) in [7, 11) is 0. The lowest BCUT2D eigenvalue weighted by Crippen LogP contribution is -2.19. The van der Waals surface area contributed by atoms with Crippen LogP contribution in [0, 0.1) is 17.8 Å². The van der Waals surface area contributed by atoms with Crippen LogP contribution in [0.15, 0.2) is 24.3 Å². The van der Waals surface area contributed by atoms with E-state index in [1.54, 1.807) is 0 Å². The largest absolute Gasteiger partial charge is 0.0988 e. The van der Waals surface area contributed by atoms with Gasteiger partial charge in [-0.05, 0) is 36.2 Å². The molecule has 3 atom stereocenters. The van der Waals surface area contributed by atoms with Crippen LogP contribution in [0.25, 0.3) is 0 Å². The Morgan fingerprint density at radius 1 is 1.58 bits per heavy atom. The van der Waals surface area contributed by atoms with Gasteiger partial charge in [0.05, 0.1) is 0 Å². The predicted octanol–water partition coefficient (Wildman–Crippen LogP) is 3.80. The van der Waals surface area contributed by atoms with E-state index in [0.717, 1.165) is 17.8 Å². The van der Waals surface area contributed by atoms with Crippen LogP contribution in [-0.2, 0) is 0 Å². The van der Waals surface area contributed by atoms with Crippen LogP contribution in [0.4, 0.5) is 0 Å². The molecule has 0 heteroatoms. The van der Waals surface area contributed by atoms with Gasteiger partial charge >= 0.3 is 0 Å². The second-order valence-corrected chi connectivity index (χ2v) is 4.06. The van der Waals surface area contributed by atoms with Gasteiger partial charge in [0.2, 0.25) is 0 Å². The van der Waals surface area contributed by atoms with Gasteiger partial charge in [0, 0.05) is 0 Å². The first-order chi connectivity index (χ1) is 5.69. The first-order valence-corrected chi connectivity index (χ1v) is 5.03. The molecule has 0 amide bonds. The number of allylic oxidation sites excluding steroid dienone is 3. The maximum absolute atomic E-state index is 3.86. The van der Waals surface area contributed by atoms with Gasteiger partial charge in [-0.3, -0.25) is 0 Å². The third-order valence-corrected chi connectivity index (χ3v) is 3.14. The first kappa shape index (κ1) is 9.57. The molecule has 0 radical (unpaired) electrons. The molecular weight excluding hydrogens is 144 g/mol. The molecule has 0 bridgehead atoms. The molecule has 0 aliphatic heterocycles. The van der Waals surface area contributed by atoms with Crippen LogP contribution in [0.3, 0.4) is 0 Å². The molecule has 0 aromatic rings. The molecule has 0 aromatic carbocycles. The Hall–Kier alpha value is -0.520. The predicted molar refractivity (Wildman–Crippen MR) is 55.0 cm³/mol. The molecule has 0 nitrogen and oxygen atoms in total. The third-order valence-electron chi connectivity index (χ3n) is 3.14. The molecule has 12 heavy (non-hydrogen) atoms. The quantitative estimate of drug-likeness (QED) is 0.582. The summed E-state index contributed by atoms with van der Waals surface area (Å²) in [4.78, 5) is 0. The van der Waals surface area contributed by atoms with E-state index < -0.39 is 0 Å². The fourth-order valence-corrected chi connectivity index (χ4v) is 2.23. The fourth-order valence-electron chi connectivity index (χ4n) is 2.23. The topological polar surface area (TPSA) is 0 Å². The SMILES string of the molecule is C=CC1=CC(CC)C(C)CC1C. The molecule has 1 aliphatic carbocycles. The Morgan fingerprint density at radius 3 is 2.75 bits per heavy atom. The van der Waals surface area contributed by atoms with Crippen LogP contribution in [0.5, 0.6) is 0 Å². The van der Waals surface area contributed by atoms with Crippen molar-refractivity contribution in [2.45, 2.75) is 33.6 Å². The number of hydrogen-bond acceptors (Lipinski definition) is 0. The summed E-state index contributed by atoms with van der Waals surface area (Å²) in [5.41, 5.74) is 1.46. The number of hydrogen-bond donors (Lipinski definition) is 0. The van der Waals surface area contributed by atoms with E-state index >= 15 is 0 Å². The summed E-state index contributed by atoms with van der Waals surface area (Å²) in [5, 5.41) is 0. The summed E-state index contributed by atoms with van der Waals surface area (Å²) >= 11 is 0. The van der Waals surface area contributed by atoms with Gasteiger partial charge in [0.1, 0.15) is 0 Å². The summed E-state index contributed by atoms with van der Waals surface area (Å²) in [6, 6.07) is 0. The molecule has 68 valence electrons. The summed E-state index contributed by atoms with van der Waals surface area (Å²) in [6.07, 6.45) is 7.05. The molecule has 0 heterocycles. The summed E-state index contributed by atoms with van der Waals surface area (Å²) < 4.78 is 0. The summed E-state index contributed by atoms with van der Waals surface area (Å²) in [6.45, 7) is 10.8. The molecule has 0 saturated carbocycles. The van der Waals surface area contributed by atoms with Crippen LogP contribution in [0.2, 0.25) is 0 Å². The van der Waals surface area contributed by atoms with Gasteiger partial charge in [0.25, 0.3) is 0 Å². The van der Waals surface area contributed by atoms with Crippen molar-refractivity contribution in [3.05, 3.63) is 24.3 Å². The highest BCUT2D eigenvalue weighted by Crippen LogP contribution is 2.34. The van der Waals surface area contributed by atoms with E-state index in [-0.39, 0.29) is 0 Å². The van der Waals surface area contributed by atoms with E-state index in [1.807, 2.05) is 6.08 Å². The van der Waals surface area contributed by atoms with Gasteiger partial charge in [-0.25, -0.2) is 0 Å². The molecule has 0 N–H and O–H groups in total. The highest BCUT2D eigenvalue weighted by atomic mass is 14.3. The van der Waals surface area contributed by atoms with Crippen LogP contribution in [0.1, 0.15) is 33.6 Å². The van der Waals surface area contributed by atoms with Gasteiger partial charge in [0.15, 0.2) is 0 Å². The fraction of sp³-hybridized carbons (Fsp3) is 0.667. The smallest absolute Gasteiger partial charge is 0.0191 e. The average molecular weight is 164 g/mol. The monoisotopic (exact) mass is 164 g/mol. The van der Waals surface area contributed by atoms with Gasteiger partial charge in [-0.15, -0.1) is 0 Å². The maximum Gasteiger partial charge on any atom is -0.0191 e. The van der Waals surface area contributed by atoms with Crippen LogP contribution >= 0.6 is 0 Å². The zero-order valence-corrected chi connectivity index (χ0v) is 8.51. The highest BCUT2D eigenvalue weighted by molar-refractivity contribution is 5.22. The molecular formula is C12H20. The Kier molecular flexibility index (Phi) is 3.13. The van der Waals surface area contributed by atoms with Crippen molar-refractivity contribution in [1.29, 1.82) is 0 Å². The number of rotatable bonds is 2. The zero-order chi connectivity index (χ0) is 9.14. The second kappa shape index (κ2) is 3.93. The first-order valence-electron chi connectivity index (χ1n) is 5.03. The molecule has 3 unspecified atom stereocenters. The maximum atomic E-state index is 3.86. The van der Waals surface area contributed by atoms with Gasteiger partial charge in [-0.1, -0.05) is 39.5 Å². The lowest BCUT2D eigenvalue weighted by molar-refractivity contribution is 0.329. The van der Waals surface area contributed by atoms with Gasteiger partial charge in [-0.2, -0.15) is 0 Å². The van der Waals surface area contributed by atoms with E-state index in [1.165, 1.54) is 18.4 Å². The molecule has 0 spiro atoms. The lowest BCUT2D eigenvalue weighted by atomic mass is 9.75. The minimum absolute atomic E-state index is 0.722. The van der Waals surface area contributed by atoms with Crippen molar-refractivity contribution < 1.29 is 0 Å². The Bertz CT molecular complexity index is 188. The third kappa shape index (κ3) is 1.80. The van der Waals surface area contributed by atoms with E-state index in [0.29, 0.717) is 0 Å². The van der Waals surface area contributed by atoms with Crippen molar-refractivity contribution in [1.82, 2.24) is 0 Å². The van der Waals surface area contributed by atoms with Crippen molar-refractivity contribution >= 4 is 0 Å². The second-order valence-electron chi connectivity index (χ2n) is 4.06. The lowest BCUT2D eigenvalue weighted by Gasteiger charge is -2.30. The van der Waals surface area contributed by atoms with Crippen molar-refractivity contribution in [2.75, 3.05) is 0 Å². The normalized spacial score (nSPS) is 35.9. The van der Waals surface area contributed by atoms with Crippen molar-refractivity contribution in [3.8, 4) is 0 Å². The minimum atomic E-state index is 0.722. The van der Waals surface area contributed by atoms with Crippen molar-refractivity contribution in [3.63, 3.8) is 0 Å². The molecule has 1 rings (SSSR count). The minimum Gasteiger partial charge on any atom is -0.0988 e. The van der Waals surface area contributed by atoms with Crippen LogP contribution < -0.4 is 0 Å². The van der Waals surface area contributed by atoms with Gasteiger partial charge < -0.3 is 0 Å². The van der Waals surface area contributed by atoms with Crippen LogP contribution in [-0.4, -0.2) is 0 Å². The van der Waals surface area contributed by atoms with E-state index in [9.17, 15) is 0 Å². The van der Waals surface area contributed by atoms with Crippen molar-refractivity contribution in [2.24, 2.45) is 17.8 Å². The molecule has 0 fully saturated rings. The average Bonchev–Trinajstić information content (AvgIpc) is 2.05. The summed E-state index contributed by atoms with van der Waals surface area (Å²) in [5.74, 6) is 2.36.